The highest BCUT2D eigenvalue weighted by molar-refractivity contribution is 6.11. The Hall–Kier alpha value is -2.95. The van der Waals surface area contributed by atoms with Crippen molar-refractivity contribution in [1.29, 1.82) is 0 Å². The fraction of sp³-hybridized carbons (Fsp3) is 0. The van der Waals surface area contributed by atoms with E-state index in [0.29, 0.717) is 17.2 Å². The van der Waals surface area contributed by atoms with E-state index in [4.69, 9.17) is 5.73 Å². The Morgan fingerprint density at radius 2 is 1.90 bits per heavy atom. The third-order valence-electron chi connectivity index (χ3n) is 2.92. The van der Waals surface area contributed by atoms with Crippen molar-refractivity contribution in [1.82, 2.24) is 9.97 Å². The van der Waals surface area contributed by atoms with Gasteiger partial charge in [-0.3, -0.25) is 9.78 Å². The summed E-state index contributed by atoms with van der Waals surface area (Å²) in [5.41, 5.74) is 6.48. The fourth-order valence-corrected chi connectivity index (χ4v) is 1.96. The monoisotopic (exact) mass is 264 g/mol. The number of carbonyl (C=O) groups excluding carboxylic acids is 1. The molecular formula is C15H12N4O. The van der Waals surface area contributed by atoms with Gasteiger partial charge in [-0.05, 0) is 23.6 Å². The molecule has 20 heavy (non-hydrogen) atoms. The molecule has 1 amide bonds. The number of fused-ring (bicyclic) bond motifs is 1. The van der Waals surface area contributed by atoms with E-state index in [2.05, 4.69) is 15.3 Å². The van der Waals surface area contributed by atoms with Gasteiger partial charge in [0, 0.05) is 11.6 Å². The fourth-order valence-electron chi connectivity index (χ4n) is 1.96. The average Bonchev–Trinajstić information content (AvgIpc) is 2.49. The number of amides is 1. The molecule has 0 fully saturated rings. The van der Waals surface area contributed by atoms with E-state index in [1.807, 2.05) is 30.3 Å². The molecule has 0 radical (unpaired) electrons. The number of carbonyl (C=O) groups is 1. The molecule has 0 saturated heterocycles. The van der Waals surface area contributed by atoms with Gasteiger partial charge >= 0.3 is 0 Å². The molecule has 0 atom stereocenters. The topological polar surface area (TPSA) is 80.9 Å². The molecule has 2 aromatic heterocycles. The zero-order chi connectivity index (χ0) is 13.9. The lowest BCUT2D eigenvalue weighted by molar-refractivity contribution is 0.102. The van der Waals surface area contributed by atoms with Crippen LogP contribution in [0.4, 0.5) is 11.5 Å². The van der Waals surface area contributed by atoms with Gasteiger partial charge in [0.05, 0.1) is 11.9 Å². The molecule has 1 aromatic carbocycles. The highest BCUT2D eigenvalue weighted by Gasteiger charge is 2.11. The van der Waals surface area contributed by atoms with Gasteiger partial charge in [0.2, 0.25) is 0 Å². The molecule has 5 heteroatoms. The van der Waals surface area contributed by atoms with Crippen molar-refractivity contribution in [3.8, 4) is 0 Å². The summed E-state index contributed by atoms with van der Waals surface area (Å²) >= 11 is 0. The Balaban J connectivity index is 1.94. The maximum atomic E-state index is 12.3. The van der Waals surface area contributed by atoms with Crippen LogP contribution in [0.2, 0.25) is 0 Å². The molecule has 5 nitrogen and oxygen atoms in total. The van der Waals surface area contributed by atoms with Gasteiger partial charge in [-0.1, -0.05) is 24.3 Å². The number of aromatic nitrogens is 2. The minimum Gasteiger partial charge on any atom is -0.397 e. The lowest BCUT2D eigenvalue weighted by Crippen LogP contribution is -2.15. The van der Waals surface area contributed by atoms with E-state index in [-0.39, 0.29) is 5.91 Å². The van der Waals surface area contributed by atoms with Crippen LogP contribution in [0.1, 0.15) is 10.5 Å². The van der Waals surface area contributed by atoms with Crippen LogP contribution in [-0.4, -0.2) is 15.9 Å². The number of hydrogen-bond acceptors (Lipinski definition) is 4. The summed E-state index contributed by atoms with van der Waals surface area (Å²) in [5, 5.41) is 4.49. The first-order valence-corrected chi connectivity index (χ1v) is 6.11. The van der Waals surface area contributed by atoms with Crippen LogP contribution >= 0.6 is 0 Å². The number of rotatable bonds is 2. The second-order valence-electron chi connectivity index (χ2n) is 4.31. The smallest absolute Gasteiger partial charge is 0.276 e. The third-order valence-corrected chi connectivity index (χ3v) is 2.92. The number of nitrogen functional groups attached to an aromatic ring is 1. The van der Waals surface area contributed by atoms with Crippen LogP contribution in [-0.2, 0) is 0 Å². The molecule has 0 aliphatic carbocycles. The first-order valence-electron chi connectivity index (χ1n) is 6.11. The van der Waals surface area contributed by atoms with Crippen molar-refractivity contribution in [2.45, 2.75) is 0 Å². The molecule has 2 heterocycles. The van der Waals surface area contributed by atoms with Crippen LogP contribution in [0.3, 0.4) is 0 Å². The summed E-state index contributed by atoms with van der Waals surface area (Å²) < 4.78 is 0. The van der Waals surface area contributed by atoms with Crippen LogP contribution < -0.4 is 11.1 Å². The van der Waals surface area contributed by atoms with Gasteiger partial charge in [-0.2, -0.15) is 0 Å². The summed E-state index contributed by atoms with van der Waals surface area (Å²) in [6, 6.07) is 12.8. The number of nitrogens with two attached hydrogens (primary N) is 1. The summed E-state index contributed by atoms with van der Waals surface area (Å²) in [7, 11) is 0. The molecule has 98 valence electrons. The predicted molar refractivity (Wildman–Crippen MR) is 78.3 cm³/mol. The van der Waals surface area contributed by atoms with Crippen molar-refractivity contribution in [3.63, 3.8) is 0 Å². The van der Waals surface area contributed by atoms with E-state index >= 15 is 0 Å². The Bertz CT molecular complexity index is 763. The lowest BCUT2D eigenvalue weighted by Gasteiger charge is -2.06. The van der Waals surface area contributed by atoms with Gasteiger partial charge in [0.15, 0.2) is 0 Å². The van der Waals surface area contributed by atoms with Crippen molar-refractivity contribution in [2.24, 2.45) is 0 Å². The summed E-state index contributed by atoms with van der Waals surface area (Å²) in [6.07, 6.45) is 3.11. The van der Waals surface area contributed by atoms with E-state index < -0.39 is 0 Å². The minimum atomic E-state index is -0.293. The van der Waals surface area contributed by atoms with E-state index in [0.717, 1.165) is 10.8 Å². The normalized spacial score (nSPS) is 10.4. The second-order valence-corrected chi connectivity index (χ2v) is 4.31. The van der Waals surface area contributed by atoms with Crippen LogP contribution in [0, 0.1) is 0 Å². The third kappa shape index (κ3) is 2.29. The standard InChI is InChI=1S/C15H12N4O/c16-11-5-6-13(18-9-11)19-15(20)14-12-4-2-1-3-10(12)7-8-17-14/h1-9H,16H2,(H,18,19,20). The SMILES string of the molecule is Nc1ccc(NC(=O)c2nccc3ccccc23)nc1. The highest BCUT2D eigenvalue weighted by Crippen LogP contribution is 2.17. The van der Waals surface area contributed by atoms with E-state index in [9.17, 15) is 4.79 Å². The second kappa shape index (κ2) is 4.97. The maximum absolute atomic E-state index is 12.3. The molecule has 0 bridgehead atoms. The first-order chi connectivity index (χ1) is 9.74. The molecule has 3 rings (SSSR count). The van der Waals surface area contributed by atoms with Gasteiger partial charge in [0.25, 0.3) is 5.91 Å². The minimum absolute atomic E-state index is 0.293. The Morgan fingerprint density at radius 1 is 1.05 bits per heavy atom. The number of pyridine rings is 2. The molecular weight excluding hydrogens is 252 g/mol. The first kappa shape index (κ1) is 12.1. The number of anilines is 2. The van der Waals surface area contributed by atoms with Gasteiger partial charge < -0.3 is 11.1 Å². The quantitative estimate of drug-likeness (QED) is 0.745. The summed E-state index contributed by atoms with van der Waals surface area (Å²) in [6.45, 7) is 0. The van der Waals surface area contributed by atoms with E-state index in [1.165, 1.54) is 6.20 Å². The largest absolute Gasteiger partial charge is 0.397 e. The molecule has 0 spiro atoms. The number of hydrogen-bond donors (Lipinski definition) is 2. The molecule has 0 unspecified atom stereocenters. The molecule has 3 N–H and O–H groups in total. The number of benzene rings is 1. The average molecular weight is 264 g/mol. The zero-order valence-electron chi connectivity index (χ0n) is 10.6. The van der Waals surface area contributed by atoms with Crippen molar-refractivity contribution in [2.75, 3.05) is 11.1 Å². The van der Waals surface area contributed by atoms with Gasteiger partial charge in [0.1, 0.15) is 11.5 Å². The Kier molecular flexibility index (Phi) is 3.01. The molecule has 0 aliphatic heterocycles. The molecule has 0 aliphatic rings. The van der Waals surface area contributed by atoms with Gasteiger partial charge in [-0.25, -0.2) is 4.98 Å². The Labute approximate surface area is 115 Å². The number of nitrogens with one attached hydrogen (secondary N) is 1. The van der Waals surface area contributed by atoms with Crippen molar-refractivity contribution < 1.29 is 4.79 Å². The van der Waals surface area contributed by atoms with Crippen LogP contribution in [0.25, 0.3) is 10.8 Å². The number of nitrogens with zero attached hydrogens (tertiary/aromatic N) is 2. The van der Waals surface area contributed by atoms with Gasteiger partial charge in [-0.15, -0.1) is 0 Å². The van der Waals surface area contributed by atoms with Crippen LogP contribution in [0.5, 0.6) is 0 Å². The van der Waals surface area contributed by atoms with E-state index in [1.54, 1.807) is 18.3 Å². The van der Waals surface area contributed by atoms with Crippen LogP contribution in [0.15, 0.2) is 54.9 Å². The van der Waals surface area contributed by atoms with Crippen molar-refractivity contribution in [3.05, 3.63) is 60.6 Å². The molecule has 0 saturated carbocycles. The predicted octanol–water partition coefficient (Wildman–Crippen LogP) is 2.46. The zero-order valence-corrected chi connectivity index (χ0v) is 10.6. The highest BCUT2D eigenvalue weighted by atomic mass is 16.1. The maximum Gasteiger partial charge on any atom is 0.276 e. The summed E-state index contributed by atoms with van der Waals surface area (Å²) in [4.78, 5) is 20.5. The Morgan fingerprint density at radius 3 is 2.70 bits per heavy atom. The lowest BCUT2D eigenvalue weighted by atomic mass is 10.1. The summed E-state index contributed by atoms with van der Waals surface area (Å²) in [5.74, 6) is 0.151. The van der Waals surface area contributed by atoms with Crippen molar-refractivity contribution >= 4 is 28.2 Å². The molecule has 3 aromatic rings.